The Morgan fingerprint density at radius 1 is 1.40 bits per heavy atom. The number of ether oxygens (including phenoxy) is 1. The standard InChI is InChI=1S/C15H21N3O2/c1-10-6-7-12-13(8-10)18(17-16-12)11(2)9-20-14(19)15(3,4)5/h6-8,11H,9H2,1-5H3/t11-/m0/s1. The Balaban J connectivity index is 2.14. The SMILES string of the molecule is Cc1ccc2nnn([C@@H](C)COC(=O)C(C)(C)C)c2c1. The summed E-state index contributed by atoms with van der Waals surface area (Å²) >= 11 is 0. The van der Waals surface area contributed by atoms with Crippen LogP contribution >= 0.6 is 0 Å². The van der Waals surface area contributed by atoms with E-state index in [4.69, 9.17) is 4.74 Å². The van der Waals surface area contributed by atoms with E-state index >= 15 is 0 Å². The third-order valence-corrected chi connectivity index (χ3v) is 3.11. The van der Waals surface area contributed by atoms with Crippen molar-refractivity contribution in [2.75, 3.05) is 6.61 Å². The third-order valence-electron chi connectivity index (χ3n) is 3.11. The molecule has 0 radical (unpaired) electrons. The average Bonchev–Trinajstić information content (AvgIpc) is 2.77. The van der Waals surface area contributed by atoms with Crippen LogP contribution in [0.15, 0.2) is 18.2 Å². The molecule has 1 aromatic heterocycles. The lowest BCUT2D eigenvalue weighted by atomic mass is 9.97. The van der Waals surface area contributed by atoms with Gasteiger partial charge in [0.2, 0.25) is 0 Å². The highest BCUT2D eigenvalue weighted by atomic mass is 16.5. The van der Waals surface area contributed by atoms with Crippen LogP contribution in [0.1, 0.15) is 39.3 Å². The predicted molar refractivity (Wildman–Crippen MR) is 77.4 cm³/mol. The highest BCUT2D eigenvalue weighted by molar-refractivity contribution is 5.76. The van der Waals surface area contributed by atoms with Crippen molar-refractivity contribution in [3.8, 4) is 0 Å². The molecule has 0 unspecified atom stereocenters. The molecule has 5 heteroatoms. The van der Waals surface area contributed by atoms with Gasteiger partial charge in [-0.3, -0.25) is 4.79 Å². The molecule has 0 bridgehead atoms. The molecule has 1 aromatic carbocycles. The second-order valence-electron chi connectivity index (χ2n) is 6.22. The minimum atomic E-state index is -0.485. The lowest BCUT2D eigenvalue weighted by molar-refractivity contribution is -0.154. The number of hydrogen-bond donors (Lipinski definition) is 0. The zero-order valence-corrected chi connectivity index (χ0v) is 12.7. The number of esters is 1. The minimum absolute atomic E-state index is 0.0481. The Morgan fingerprint density at radius 2 is 2.10 bits per heavy atom. The van der Waals surface area contributed by atoms with Crippen molar-refractivity contribution in [2.45, 2.75) is 40.7 Å². The van der Waals surface area contributed by atoms with Gasteiger partial charge in [-0.25, -0.2) is 4.68 Å². The first-order valence-corrected chi connectivity index (χ1v) is 6.78. The number of rotatable bonds is 3. The molecule has 0 fully saturated rings. The van der Waals surface area contributed by atoms with Crippen molar-refractivity contribution in [1.29, 1.82) is 0 Å². The lowest BCUT2D eigenvalue weighted by Crippen LogP contribution is -2.26. The molecule has 0 aliphatic carbocycles. The molecule has 0 N–H and O–H groups in total. The van der Waals surface area contributed by atoms with Crippen molar-refractivity contribution in [3.63, 3.8) is 0 Å². The Bertz CT molecular complexity index is 626. The molecule has 2 aromatic rings. The van der Waals surface area contributed by atoms with Crippen molar-refractivity contribution >= 4 is 17.0 Å². The molecular weight excluding hydrogens is 254 g/mol. The number of carbonyl (C=O) groups excluding carboxylic acids is 1. The van der Waals surface area contributed by atoms with Gasteiger partial charge in [0.05, 0.1) is 17.0 Å². The summed E-state index contributed by atoms with van der Waals surface area (Å²) in [4.78, 5) is 11.8. The lowest BCUT2D eigenvalue weighted by Gasteiger charge is -2.19. The fourth-order valence-corrected chi connectivity index (χ4v) is 1.86. The van der Waals surface area contributed by atoms with Crippen LogP contribution in [0.2, 0.25) is 0 Å². The zero-order chi connectivity index (χ0) is 14.9. The highest BCUT2D eigenvalue weighted by Crippen LogP contribution is 2.19. The zero-order valence-electron chi connectivity index (χ0n) is 12.7. The Kier molecular flexibility index (Phi) is 3.79. The molecule has 1 atom stereocenters. The third kappa shape index (κ3) is 2.98. The van der Waals surface area contributed by atoms with E-state index in [0.717, 1.165) is 16.6 Å². The van der Waals surface area contributed by atoms with Gasteiger partial charge in [-0.05, 0) is 52.3 Å². The Morgan fingerprint density at radius 3 is 2.75 bits per heavy atom. The molecule has 0 aliphatic heterocycles. The topological polar surface area (TPSA) is 57.0 Å². The van der Waals surface area contributed by atoms with Crippen molar-refractivity contribution < 1.29 is 9.53 Å². The summed E-state index contributed by atoms with van der Waals surface area (Å²) in [5.74, 6) is -0.204. The molecule has 2 rings (SSSR count). The van der Waals surface area contributed by atoms with E-state index < -0.39 is 5.41 Å². The van der Waals surface area contributed by atoms with Gasteiger partial charge in [0.1, 0.15) is 12.1 Å². The number of fused-ring (bicyclic) bond motifs is 1. The maximum absolute atomic E-state index is 11.8. The van der Waals surface area contributed by atoms with Crippen LogP contribution in [0.4, 0.5) is 0 Å². The normalized spacial score (nSPS) is 13.4. The van der Waals surface area contributed by atoms with Crippen LogP contribution in [0.3, 0.4) is 0 Å². The number of benzene rings is 1. The first-order chi connectivity index (χ1) is 9.29. The van der Waals surface area contributed by atoms with E-state index in [9.17, 15) is 4.79 Å². The van der Waals surface area contributed by atoms with Gasteiger partial charge in [-0.2, -0.15) is 0 Å². The Hall–Kier alpha value is -1.91. The fraction of sp³-hybridized carbons (Fsp3) is 0.533. The van der Waals surface area contributed by atoms with Crippen molar-refractivity contribution in [3.05, 3.63) is 23.8 Å². The summed E-state index contributed by atoms with van der Waals surface area (Å²) < 4.78 is 7.15. The smallest absolute Gasteiger partial charge is 0.311 e. The molecule has 0 saturated heterocycles. The second kappa shape index (κ2) is 5.23. The van der Waals surface area contributed by atoms with E-state index in [0.29, 0.717) is 6.61 Å². The van der Waals surface area contributed by atoms with Gasteiger partial charge in [0, 0.05) is 0 Å². The minimum Gasteiger partial charge on any atom is -0.463 e. The molecule has 0 spiro atoms. The summed E-state index contributed by atoms with van der Waals surface area (Å²) in [5.41, 5.74) is 2.48. The van der Waals surface area contributed by atoms with E-state index in [1.165, 1.54) is 0 Å². The number of hydrogen-bond acceptors (Lipinski definition) is 4. The maximum atomic E-state index is 11.8. The van der Waals surface area contributed by atoms with Crippen LogP contribution in [0.25, 0.3) is 11.0 Å². The van der Waals surface area contributed by atoms with Crippen molar-refractivity contribution in [2.24, 2.45) is 5.41 Å². The molecule has 5 nitrogen and oxygen atoms in total. The summed E-state index contributed by atoms with van der Waals surface area (Å²) in [6.07, 6.45) is 0. The highest BCUT2D eigenvalue weighted by Gasteiger charge is 2.24. The van der Waals surface area contributed by atoms with Gasteiger partial charge in [0.25, 0.3) is 0 Å². The number of aromatic nitrogens is 3. The maximum Gasteiger partial charge on any atom is 0.311 e. The van der Waals surface area contributed by atoms with E-state index in [1.807, 2.05) is 52.8 Å². The van der Waals surface area contributed by atoms with Crippen LogP contribution in [-0.2, 0) is 9.53 Å². The van der Waals surface area contributed by atoms with Gasteiger partial charge < -0.3 is 4.74 Å². The van der Waals surface area contributed by atoms with Crippen LogP contribution < -0.4 is 0 Å². The summed E-state index contributed by atoms with van der Waals surface area (Å²) in [6, 6.07) is 5.94. The molecule has 1 heterocycles. The molecule has 108 valence electrons. The van der Waals surface area contributed by atoms with Gasteiger partial charge in [0.15, 0.2) is 0 Å². The van der Waals surface area contributed by atoms with Crippen LogP contribution in [0, 0.1) is 12.3 Å². The van der Waals surface area contributed by atoms with Gasteiger partial charge >= 0.3 is 5.97 Å². The quantitative estimate of drug-likeness (QED) is 0.808. The summed E-state index contributed by atoms with van der Waals surface area (Å²) in [5, 5.41) is 8.28. The van der Waals surface area contributed by atoms with Crippen molar-refractivity contribution in [1.82, 2.24) is 15.0 Å². The van der Waals surface area contributed by atoms with E-state index in [2.05, 4.69) is 10.3 Å². The summed E-state index contributed by atoms with van der Waals surface area (Å²) in [6.45, 7) is 9.81. The number of carbonyl (C=O) groups is 1. The average molecular weight is 275 g/mol. The van der Waals surface area contributed by atoms with E-state index in [1.54, 1.807) is 4.68 Å². The van der Waals surface area contributed by atoms with Crippen LogP contribution in [-0.4, -0.2) is 27.6 Å². The number of nitrogens with zero attached hydrogens (tertiary/aromatic N) is 3. The Labute approximate surface area is 118 Å². The van der Waals surface area contributed by atoms with Gasteiger partial charge in [-0.1, -0.05) is 11.3 Å². The first-order valence-electron chi connectivity index (χ1n) is 6.78. The molecule has 0 aliphatic rings. The second-order valence-corrected chi connectivity index (χ2v) is 6.22. The monoisotopic (exact) mass is 275 g/mol. The number of aryl methyl sites for hydroxylation is 1. The first kappa shape index (κ1) is 14.5. The van der Waals surface area contributed by atoms with Gasteiger partial charge in [-0.15, -0.1) is 5.10 Å². The molecule has 20 heavy (non-hydrogen) atoms. The molecule has 0 amide bonds. The van der Waals surface area contributed by atoms with Crippen LogP contribution in [0.5, 0.6) is 0 Å². The largest absolute Gasteiger partial charge is 0.463 e. The van der Waals surface area contributed by atoms with E-state index in [-0.39, 0.29) is 12.0 Å². The summed E-state index contributed by atoms with van der Waals surface area (Å²) in [7, 11) is 0. The molecule has 0 saturated carbocycles. The molecular formula is C15H21N3O2. The predicted octanol–water partition coefficient (Wildman–Crippen LogP) is 2.89. The fourth-order valence-electron chi connectivity index (χ4n) is 1.86.